The monoisotopic (exact) mass is 361 g/mol. The molecule has 0 radical (unpaired) electrons. The molecule has 0 aliphatic carbocycles. The maximum absolute atomic E-state index is 12.8. The van der Waals surface area contributed by atoms with Gasteiger partial charge >= 0.3 is 0 Å². The molecule has 1 amide bonds. The number of hydrogen-bond acceptors (Lipinski definition) is 5. The number of ether oxygens (including phenoxy) is 1. The Morgan fingerprint density at radius 1 is 1.36 bits per heavy atom. The van der Waals surface area contributed by atoms with E-state index in [1.807, 2.05) is 5.38 Å². The lowest BCUT2D eigenvalue weighted by molar-refractivity contribution is -0.123. The zero-order valence-corrected chi connectivity index (χ0v) is 14.3. The molecule has 0 unspecified atom stereocenters. The largest absolute Gasteiger partial charge is 0.484 e. The van der Waals surface area contributed by atoms with Gasteiger partial charge in [0.15, 0.2) is 11.6 Å². The Labute approximate surface area is 146 Å². The molecular formula is C17H16FN3O3S. The molecule has 0 saturated carbocycles. The van der Waals surface area contributed by atoms with Crippen molar-refractivity contribution in [2.45, 2.75) is 13.3 Å². The van der Waals surface area contributed by atoms with Crippen molar-refractivity contribution in [3.05, 3.63) is 63.3 Å². The van der Waals surface area contributed by atoms with Gasteiger partial charge in [-0.1, -0.05) is 0 Å². The maximum Gasteiger partial charge on any atom is 0.258 e. The average molecular weight is 361 g/mol. The van der Waals surface area contributed by atoms with Gasteiger partial charge in [0.2, 0.25) is 0 Å². The molecule has 1 N–H and O–H groups in total. The standard InChI is InChI=1S/C17H16FN3O3S/c1-11-8-16(23)21-13(10-25-17(21)20-11)6-7-19-15(22)9-24-14-4-2-12(18)3-5-14/h2-5,8,10H,6-7,9H2,1H3,(H,19,22). The van der Waals surface area contributed by atoms with E-state index in [0.717, 1.165) is 5.69 Å². The first kappa shape index (κ1) is 17.1. The number of aromatic nitrogens is 2. The minimum atomic E-state index is -0.361. The number of thiazole rings is 1. The predicted octanol–water partition coefficient (Wildman–Crippen LogP) is 1.94. The van der Waals surface area contributed by atoms with Crippen molar-refractivity contribution in [2.24, 2.45) is 0 Å². The van der Waals surface area contributed by atoms with Gasteiger partial charge in [-0.2, -0.15) is 0 Å². The number of halogens is 1. The van der Waals surface area contributed by atoms with E-state index in [1.54, 1.807) is 11.3 Å². The predicted molar refractivity (Wildman–Crippen MR) is 92.7 cm³/mol. The summed E-state index contributed by atoms with van der Waals surface area (Å²) in [6.07, 6.45) is 0.507. The lowest BCUT2D eigenvalue weighted by atomic mass is 10.3. The highest BCUT2D eigenvalue weighted by molar-refractivity contribution is 7.15. The van der Waals surface area contributed by atoms with Gasteiger partial charge < -0.3 is 10.1 Å². The van der Waals surface area contributed by atoms with Crippen LogP contribution in [-0.2, 0) is 11.2 Å². The minimum absolute atomic E-state index is 0.121. The normalized spacial score (nSPS) is 10.8. The van der Waals surface area contributed by atoms with E-state index in [4.69, 9.17) is 4.74 Å². The summed E-state index contributed by atoms with van der Waals surface area (Å²) >= 11 is 1.39. The molecule has 0 saturated heterocycles. The average Bonchev–Trinajstić information content (AvgIpc) is 2.97. The fraction of sp³-hybridized carbons (Fsp3) is 0.235. The maximum atomic E-state index is 12.8. The second-order valence-corrected chi connectivity index (χ2v) is 6.26. The van der Waals surface area contributed by atoms with Crippen molar-refractivity contribution >= 4 is 22.2 Å². The Bertz CT molecular complexity index is 950. The smallest absolute Gasteiger partial charge is 0.258 e. The Kier molecular flexibility index (Phi) is 5.08. The number of aryl methyl sites for hydroxylation is 1. The van der Waals surface area contributed by atoms with Crippen LogP contribution in [0, 0.1) is 12.7 Å². The SMILES string of the molecule is Cc1cc(=O)n2c(CCNC(=O)COc3ccc(F)cc3)csc2n1. The first-order chi connectivity index (χ1) is 12.0. The molecule has 2 aromatic heterocycles. The molecule has 6 nitrogen and oxygen atoms in total. The quantitative estimate of drug-likeness (QED) is 0.728. The summed E-state index contributed by atoms with van der Waals surface area (Å²) in [5.74, 6) is -0.224. The Hall–Kier alpha value is -2.74. The molecule has 0 atom stereocenters. The van der Waals surface area contributed by atoms with Crippen molar-refractivity contribution in [1.29, 1.82) is 0 Å². The van der Waals surface area contributed by atoms with Crippen LogP contribution in [0.15, 0.2) is 40.5 Å². The number of fused-ring (bicyclic) bond motifs is 1. The molecule has 8 heteroatoms. The van der Waals surface area contributed by atoms with E-state index in [1.165, 1.54) is 41.7 Å². The second-order valence-electron chi connectivity index (χ2n) is 5.42. The van der Waals surface area contributed by atoms with Crippen LogP contribution in [0.25, 0.3) is 4.96 Å². The van der Waals surface area contributed by atoms with Gasteiger partial charge in [0.1, 0.15) is 11.6 Å². The first-order valence-corrected chi connectivity index (χ1v) is 8.53. The molecular weight excluding hydrogens is 345 g/mol. The van der Waals surface area contributed by atoms with Gasteiger partial charge in [-0.3, -0.25) is 14.0 Å². The third-order valence-corrected chi connectivity index (χ3v) is 4.37. The zero-order valence-electron chi connectivity index (χ0n) is 13.5. The molecule has 3 rings (SSSR count). The van der Waals surface area contributed by atoms with Crippen molar-refractivity contribution in [2.75, 3.05) is 13.2 Å². The van der Waals surface area contributed by atoms with Crippen LogP contribution in [-0.4, -0.2) is 28.4 Å². The summed E-state index contributed by atoms with van der Waals surface area (Å²) in [5.41, 5.74) is 1.37. The minimum Gasteiger partial charge on any atom is -0.484 e. The molecule has 0 bridgehead atoms. The third kappa shape index (κ3) is 4.21. The highest BCUT2D eigenvalue weighted by atomic mass is 32.1. The molecule has 0 aliphatic heterocycles. The Balaban J connectivity index is 1.52. The fourth-order valence-corrected chi connectivity index (χ4v) is 3.29. The molecule has 25 heavy (non-hydrogen) atoms. The van der Waals surface area contributed by atoms with E-state index in [9.17, 15) is 14.0 Å². The van der Waals surface area contributed by atoms with Crippen molar-refractivity contribution in [3.8, 4) is 5.75 Å². The molecule has 0 spiro atoms. The second kappa shape index (κ2) is 7.43. The van der Waals surface area contributed by atoms with Crippen LogP contribution in [0.1, 0.15) is 11.4 Å². The van der Waals surface area contributed by atoms with Gasteiger partial charge in [0.05, 0.1) is 0 Å². The topological polar surface area (TPSA) is 72.7 Å². The lowest BCUT2D eigenvalue weighted by Crippen LogP contribution is -2.31. The van der Waals surface area contributed by atoms with Crippen LogP contribution in [0.4, 0.5) is 4.39 Å². The molecule has 130 valence electrons. The van der Waals surface area contributed by atoms with Gasteiger partial charge in [-0.05, 0) is 31.2 Å². The van der Waals surface area contributed by atoms with E-state index in [0.29, 0.717) is 29.4 Å². The van der Waals surface area contributed by atoms with Gasteiger partial charge in [-0.25, -0.2) is 9.37 Å². The van der Waals surface area contributed by atoms with Crippen molar-refractivity contribution < 1.29 is 13.9 Å². The summed E-state index contributed by atoms with van der Waals surface area (Å²) in [6, 6.07) is 6.94. The van der Waals surface area contributed by atoms with Gasteiger partial charge in [0, 0.05) is 35.8 Å². The third-order valence-electron chi connectivity index (χ3n) is 3.49. The highest BCUT2D eigenvalue weighted by Gasteiger charge is 2.09. The number of amides is 1. The van der Waals surface area contributed by atoms with E-state index >= 15 is 0 Å². The Morgan fingerprint density at radius 2 is 2.12 bits per heavy atom. The lowest BCUT2D eigenvalue weighted by Gasteiger charge is -2.07. The van der Waals surface area contributed by atoms with E-state index < -0.39 is 0 Å². The van der Waals surface area contributed by atoms with E-state index in [-0.39, 0.29) is 23.9 Å². The van der Waals surface area contributed by atoms with Crippen LogP contribution < -0.4 is 15.6 Å². The molecule has 1 aromatic carbocycles. The molecule has 0 fully saturated rings. The number of rotatable bonds is 6. The summed E-state index contributed by atoms with van der Waals surface area (Å²) < 4.78 is 19.6. The number of hydrogen-bond donors (Lipinski definition) is 1. The number of carbonyl (C=O) groups is 1. The zero-order chi connectivity index (χ0) is 17.8. The number of nitrogens with zero attached hydrogens (tertiary/aromatic N) is 2. The van der Waals surface area contributed by atoms with Gasteiger partial charge in [-0.15, -0.1) is 11.3 Å². The number of benzene rings is 1. The van der Waals surface area contributed by atoms with Crippen molar-refractivity contribution in [3.63, 3.8) is 0 Å². The summed E-state index contributed by atoms with van der Waals surface area (Å²) in [6.45, 7) is 2.00. The van der Waals surface area contributed by atoms with Crippen LogP contribution in [0.2, 0.25) is 0 Å². The summed E-state index contributed by atoms with van der Waals surface area (Å²) in [5, 5.41) is 4.59. The van der Waals surface area contributed by atoms with E-state index in [2.05, 4.69) is 10.3 Å². The van der Waals surface area contributed by atoms with Gasteiger partial charge in [0.25, 0.3) is 11.5 Å². The van der Waals surface area contributed by atoms with Crippen LogP contribution in [0.5, 0.6) is 5.75 Å². The number of nitrogens with one attached hydrogen (secondary N) is 1. The fourth-order valence-electron chi connectivity index (χ4n) is 2.32. The van der Waals surface area contributed by atoms with Crippen LogP contribution >= 0.6 is 11.3 Å². The van der Waals surface area contributed by atoms with Crippen LogP contribution in [0.3, 0.4) is 0 Å². The Morgan fingerprint density at radius 3 is 2.88 bits per heavy atom. The first-order valence-electron chi connectivity index (χ1n) is 7.65. The highest BCUT2D eigenvalue weighted by Crippen LogP contribution is 2.13. The summed E-state index contributed by atoms with van der Waals surface area (Å²) in [7, 11) is 0. The van der Waals surface area contributed by atoms with Crippen molar-refractivity contribution in [1.82, 2.24) is 14.7 Å². The molecule has 0 aliphatic rings. The summed E-state index contributed by atoms with van der Waals surface area (Å²) in [4.78, 5) is 28.8. The molecule has 2 heterocycles. The molecule has 3 aromatic rings. The number of carbonyl (C=O) groups excluding carboxylic acids is 1.